The van der Waals surface area contributed by atoms with Crippen LogP contribution in [0.15, 0.2) is 9.59 Å². The highest BCUT2D eigenvalue weighted by molar-refractivity contribution is 6.07. The van der Waals surface area contributed by atoms with E-state index in [4.69, 9.17) is 15.9 Å². The van der Waals surface area contributed by atoms with Crippen LogP contribution in [0.1, 0.15) is 75.8 Å². The molecule has 2 saturated heterocycles. The molecule has 0 aromatic carbocycles. The molecular weight excluding hydrogens is 516 g/mol. The maximum Gasteiger partial charge on any atom is 0.334 e. The average molecular weight is 555 g/mol. The molecule has 3 amide bonds. The van der Waals surface area contributed by atoms with Crippen LogP contribution in [0.25, 0.3) is 0 Å². The summed E-state index contributed by atoms with van der Waals surface area (Å²) in [6, 6.07) is -0.623. The lowest BCUT2D eigenvalue weighted by Gasteiger charge is -2.58. The van der Waals surface area contributed by atoms with E-state index in [0.717, 1.165) is 25.7 Å². The zero-order valence-electron chi connectivity index (χ0n) is 23.0. The van der Waals surface area contributed by atoms with Gasteiger partial charge in [0.15, 0.2) is 0 Å². The molecule has 12 nitrogen and oxygen atoms in total. The zero-order valence-corrected chi connectivity index (χ0v) is 23.0. The molecule has 3 heterocycles. The van der Waals surface area contributed by atoms with E-state index in [9.17, 15) is 24.3 Å². The Bertz CT molecular complexity index is 1410. The number of nitrogen functional groups attached to an aromatic ring is 1. The van der Waals surface area contributed by atoms with E-state index >= 15 is 0 Å². The number of urea groups is 1. The van der Waals surface area contributed by atoms with Gasteiger partial charge >= 0.3 is 11.7 Å². The fraction of sp³-hybridized carbons (Fsp3) is 0.750. The SMILES string of the molecule is CN1C(=O)N(CC2COC2)C2(CC3(CCC(n4c(=O)c(C(=N)N)c(O)n(CC5CC6(CC6)C5)c4=O)CC3)C2)C1=O. The number of nitrogens with two attached hydrogens (primary N) is 1. The third-order valence-corrected chi connectivity index (χ3v) is 11.1. The second-order valence-corrected chi connectivity index (χ2v) is 13.7. The molecule has 7 rings (SSSR count). The fourth-order valence-corrected chi connectivity index (χ4v) is 8.66. The van der Waals surface area contributed by atoms with Crippen molar-refractivity contribution in [2.75, 3.05) is 26.8 Å². The predicted molar refractivity (Wildman–Crippen MR) is 143 cm³/mol. The minimum absolute atomic E-state index is 0.126. The molecule has 2 aliphatic heterocycles. The molecule has 0 atom stereocenters. The van der Waals surface area contributed by atoms with Gasteiger partial charge in [0.2, 0.25) is 5.88 Å². The number of likely N-dealkylation sites (N-methyl/N-ethyl adjacent to an activating group) is 1. The van der Waals surface area contributed by atoms with Gasteiger partial charge in [-0.25, -0.2) is 9.59 Å². The molecule has 1 aromatic heterocycles. The third kappa shape index (κ3) is 3.56. The number of carbonyl (C=O) groups is 2. The Balaban J connectivity index is 1.11. The first kappa shape index (κ1) is 25.8. The summed E-state index contributed by atoms with van der Waals surface area (Å²) >= 11 is 0. The van der Waals surface area contributed by atoms with Crippen molar-refractivity contribution >= 4 is 17.8 Å². The number of nitrogens with one attached hydrogen (secondary N) is 1. The van der Waals surface area contributed by atoms with E-state index in [0.29, 0.717) is 57.4 Å². The molecule has 216 valence electrons. The van der Waals surface area contributed by atoms with Crippen molar-refractivity contribution in [1.82, 2.24) is 18.9 Å². The van der Waals surface area contributed by atoms with Gasteiger partial charge in [-0.15, -0.1) is 0 Å². The van der Waals surface area contributed by atoms with Crippen LogP contribution >= 0.6 is 0 Å². The molecule has 6 aliphatic rings. The number of amidine groups is 1. The summed E-state index contributed by atoms with van der Waals surface area (Å²) in [5.41, 5.74) is 3.66. The van der Waals surface area contributed by atoms with Crippen LogP contribution in [0.3, 0.4) is 0 Å². The summed E-state index contributed by atoms with van der Waals surface area (Å²) in [4.78, 5) is 56.2. The molecule has 3 spiro atoms. The quantitative estimate of drug-likeness (QED) is 0.271. The largest absolute Gasteiger partial charge is 0.494 e. The van der Waals surface area contributed by atoms with Crippen molar-refractivity contribution in [1.29, 1.82) is 5.41 Å². The van der Waals surface area contributed by atoms with E-state index < -0.39 is 28.5 Å². The van der Waals surface area contributed by atoms with Crippen LogP contribution in [0.5, 0.6) is 5.88 Å². The molecule has 4 aliphatic carbocycles. The Hall–Kier alpha value is -3.15. The normalized spacial score (nSPS) is 26.8. The minimum atomic E-state index is -0.806. The Morgan fingerprint density at radius 3 is 2.20 bits per heavy atom. The van der Waals surface area contributed by atoms with Crippen molar-refractivity contribution in [3.63, 3.8) is 0 Å². The molecular formula is C28H38N6O6. The van der Waals surface area contributed by atoms with Gasteiger partial charge in [0, 0.05) is 32.1 Å². The maximum atomic E-state index is 13.6. The summed E-state index contributed by atoms with van der Waals surface area (Å²) in [5.74, 6) is -0.679. The highest BCUT2D eigenvalue weighted by Crippen LogP contribution is 2.64. The summed E-state index contributed by atoms with van der Waals surface area (Å²) in [6.07, 6.45) is 8.22. The van der Waals surface area contributed by atoms with Crippen molar-refractivity contribution < 1.29 is 19.4 Å². The first-order chi connectivity index (χ1) is 19.0. The first-order valence-electron chi connectivity index (χ1n) is 14.6. The van der Waals surface area contributed by atoms with Gasteiger partial charge in [0.25, 0.3) is 11.5 Å². The smallest absolute Gasteiger partial charge is 0.334 e. The van der Waals surface area contributed by atoms with Crippen LogP contribution in [0, 0.1) is 28.1 Å². The van der Waals surface area contributed by atoms with Gasteiger partial charge in [-0.3, -0.25) is 29.0 Å². The molecule has 12 heteroatoms. The number of aromatic hydroxyl groups is 1. The molecule has 6 fully saturated rings. The van der Waals surface area contributed by atoms with Crippen LogP contribution in [-0.4, -0.2) is 74.2 Å². The number of nitrogens with zero attached hydrogens (tertiary/aromatic N) is 4. The number of hydrogen-bond acceptors (Lipinski definition) is 7. The predicted octanol–water partition coefficient (Wildman–Crippen LogP) is 1.36. The lowest BCUT2D eigenvalue weighted by atomic mass is 9.51. The number of imide groups is 1. The van der Waals surface area contributed by atoms with E-state index in [-0.39, 0.29) is 40.8 Å². The summed E-state index contributed by atoms with van der Waals surface area (Å²) in [7, 11) is 1.55. The van der Waals surface area contributed by atoms with Gasteiger partial charge in [0.1, 0.15) is 16.9 Å². The molecule has 4 saturated carbocycles. The fourth-order valence-electron chi connectivity index (χ4n) is 8.66. The topological polar surface area (TPSA) is 164 Å². The minimum Gasteiger partial charge on any atom is -0.494 e. The van der Waals surface area contributed by atoms with Gasteiger partial charge in [-0.05, 0) is 81.0 Å². The van der Waals surface area contributed by atoms with Crippen LogP contribution in [0.2, 0.25) is 0 Å². The summed E-state index contributed by atoms with van der Waals surface area (Å²) < 4.78 is 7.75. The second kappa shape index (κ2) is 8.43. The number of amides is 3. The molecule has 0 bridgehead atoms. The van der Waals surface area contributed by atoms with Crippen molar-refractivity contribution in [3.8, 4) is 5.88 Å². The van der Waals surface area contributed by atoms with Gasteiger partial charge in [-0.2, -0.15) is 0 Å². The van der Waals surface area contributed by atoms with Gasteiger partial charge in [0.05, 0.1) is 13.2 Å². The Morgan fingerprint density at radius 1 is 1.00 bits per heavy atom. The molecule has 1 aromatic rings. The zero-order chi connectivity index (χ0) is 28.2. The van der Waals surface area contributed by atoms with Gasteiger partial charge < -0.3 is 20.5 Å². The van der Waals surface area contributed by atoms with Crippen molar-refractivity contribution in [2.24, 2.45) is 28.4 Å². The van der Waals surface area contributed by atoms with Crippen LogP contribution in [-0.2, 0) is 16.1 Å². The number of aromatic nitrogens is 2. The monoisotopic (exact) mass is 554 g/mol. The lowest BCUT2D eigenvalue weighted by molar-refractivity contribution is -0.152. The van der Waals surface area contributed by atoms with Crippen molar-refractivity contribution in [2.45, 2.75) is 82.3 Å². The van der Waals surface area contributed by atoms with E-state index in [2.05, 4.69) is 0 Å². The third-order valence-electron chi connectivity index (χ3n) is 11.1. The highest BCUT2D eigenvalue weighted by Gasteiger charge is 2.68. The second-order valence-electron chi connectivity index (χ2n) is 13.7. The molecule has 0 radical (unpaired) electrons. The van der Waals surface area contributed by atoms with E-state index in [1.807, 2.05) is 0 Å². The molecule has 40 heavy (non-hydrogen) atoms. The van der Waals surface area contributed by atoms with E-state index in [1.165, 1.54) is 26.9 Å². The van der Waals surface area contributed by atoms with Crippen LogP contribution in [0.4, 0.5) is 4.79 Å². The first-order valence-corrected chi connectivity index (χ1v) is 14.6. The van der Waals surface area contributed by atoms with Gasteiger partial charge in [-0.1, -0.05) is 0 Å². The Kier molecular flexibility index (Phi) is 5.44. The number of carbonyl (C=O) groups excluding carboxylic acids is 2. The van der Waals surface area contributed by atoms with E-state index in [1.54, 1.807) is 11.9 Å². The number of hydrogen-bond donors (Lipinski definition) is 3. The number of ether oxygens (including phenoxy) is 1. The van der Waals surface area contributed by atoms with Crippen molar-refractivity contribution in [3.05, 3.63) is 26.4 Å². The molecule has 0 unspecified atom stereocenters. The summed E-state index contributed by atoms with van der Waals surface area (Å²) in [5, 5.41) is 18.8. The maximum absolute atomic E-state index is 13.6. The lowest BCUT2D eigenvalue weighted by Crippen LogP contribution is -2.65. The standard InChI is InChI=1S/C28H38N6O6/c1-31-23(37)28(33(24(31)38)11-17-12-40-13-17)14-27(15-28)4-2-18(3-5-27)34-22(36)19(20(29)30)21(35)32(25(34)39)10-16-8-26(9-16)6-7-26/h16-18,35H,2-15H2,1H3,(H3,29,30). The van der Waals surface area contributed by atoms with Crippen LogP contribution < -0.4 is 17.0 Å². The summed E-state index contributed by atoms with van der Waals surface area (Å²) in [6.45, 7) is 2.05. The Morgan fingerprint density at radius 2 is 1.65 bits per heavy atom. The number of rotatable bonds is 6. The average Bonchev–Trinajstić information content (AvgIpc) is 3.61. The molecule has 4 N–H and O–H groups in total. The Labute approximate surface area is 231 Å². The highest BCUT2D eigenvalue weighted by atomic mass is 16.5.